The van der Waals surface area contributed by atoms with E-state index < -0.39 is 16.0 Å². The minimum Gasteiger partial charge on any atom is -0.768 e. The van der Waals surface area contributed by atoms with E-state index in [2.05, 4.69) is 0 Å². The van der Waals surface area contributed by atoms with Gasteiger partial charge in [0.25, 0.3) is 5.69 Å². The second-order valence-corrected chi connectivity index (χ2v) is 3.19. The van der Waals surface area contributed by atoms with Crippen molar-refractivity contribution in [2.45, 2.75) is 4.90 Å². The van der Waals surface area contributed by atoms with Crippen LogP contribution in [0.15, 0.2) is 23.1 Å². The molecule has 0 saturated carbocycles. The molecule has 0 saturated heterocycles. The third-order valence-electron chi connectivity index (χ3n) is 1.47. The van der Waals surface area contributed by atoms with Crippen molar-refractivity contribution in [1.82, 2.24) is 0 Å². The Morgan fingerprint density at radius 3 is 2.47 bits per heavy atom. The number of nitro groups is 1. The molecule has 1 atom stereocenters. The van der Waals surface area contributed by atoms with Crippen LogP contribution in [0.3, 0.4) is 0 Å². The number of nitrogens with zero attached hydrogens (tertiary/aromatic N) is 2. The van der Waals surface area contributed by atoms with Gasteiger partial charge in [-0.3, -0.25) is 14.3 Å². The Bertz CT molecular complexity index is 457. The van der Waals surface area contributed by atoms with E-state index in [1.54, 1.807) is 6.07 Å². The molecule has 0 amide bonds. The molecular weight excluding hydrogens is 294 g/mol. The van der Waals surface area contributed by atoms with E-state index in [9.17, 15) is 18.9 Å². The first-order valence-electron chi connectivity index (χ1n) is 3.34. The van der Waals surface area contributed by atoms with Crippen LogP contribution in [0.4, 0.5) is 5.69 Å². The maximum atomic E-state index is 10.5. The Morgan fingerprint density at radius 1 is 1.47 bits per heavy atom. The van der Waals surface area contributed by atoms with Crippen molar-refractivity contribution < 1.29 is 71.9 Å². The first-order valence-corrected chi connectivity index (χ1v) is 4.41. The van der Waals surface area contributed by atoms with Crippen LogP contribution in [0.1, 0.15) is 5.56 Å². The predicted octanol–water partition coefficient (Wildman–Crippen LogP) is -2.29. The van der Waals surface area contributed by atoms with Gasteiger partial charge >= 0.3 is 58.2 Å². The molecule has 1 aromatic rings. The van der Waals surface area contributed by atoms with Crippen molar-refractivity contribution in [2.75, 3.05) is 0 Å². The zero-order valence-electron chi connectivity index (χ0n) is 7.67. The summed E-state index contributed by atoms with van der Waals surface area (Å²) in [4.78, 5) is 9.36. The van der Waals surface area contributed by atoms with Crippen molar-refractivity contribution >= 4 is 16.8 Å². The molecule has 1 aromatic carbocycles. The van der Waals surface area contributed by atoms with Crippen LogP contribution in [0.2, 0.25) is 0 Å². The van der Waals surface area contributed by atoms with Gasteiger partial charge in [0.05, 0.1) is 10.5 Å². The number of nitriles is 1. The number of rotatable bonds is 2. The molecule has 0 bridgehead atoms. The van der Waals surface area contributed by atoms with Gasteiger partial charge in [0, 0.05) is 17.0 Å². The molecule has 72 valence electrons. The predicted molar refractivity (Wildman–Crippen MR) is 45.0 cm³/mol. The van der Waals surface area contributed by atoms with Crippen molar-refractivity contribution in [3.8, 4) is 6.07 Å². The quantitative estimate of drug-likeness (QED) is 0.347. The van der Waals surface area contributed by atoms with Gasteiger partial charge in [-0.15, -0.1) is 0 Å². The molecule has 0 fully saturated rings. The fourth-order valence-electron chi connectivity index (χ4n) is 0.864. The number of hydrogen-bond donors (Lipinski definition) is 0. The summed E-state index contributed by atoms with van der Waals surface area (Å²) >= 11 is -2.56. The van der Waals surface area contributed by atoms with Gasteiger partial charge in [0.15, 0.2) is 0 Å². The molecule has 0 aliphatic rings. The SMILES string of the molecule is N#Cc1cc([N+](=O)[O-])ccc1S(=O)[O-].[Rb+]. The standard InChI is InChI=1S/C7H4N2O4S.Rb/c8-4-5-3-6(9(10)11)1-2-7(5)14(12)13;/h1-3H,(H,12,13);/q;+1/p-1. The van der Waals surface area contributed by atoms with Gasteiger partial charge in [-0.1, -0.05) is 0 Å². The molecule has 1 unspecified atom stereocenters. The molecule has 8 heteroatoms. The normalized spacial score (nSPS) is 10.9. The molecule has 0 radical (unpaired) electrons. The van der Waals surface area contributed by atoms with Crippen LogP contribution in [-0.2, 0) is 11.1 Å². The summed E-state index contributed by atoms with van der Waals surface area (Å²) < 4.78 is 21.1. The van der Waals surface area contributed by atoms with Gasteiger partial charge in [0.1, 0.15) is 6.07 Å². The monoisotopic (exact) mass is 296 g/mol. The molecule has 6 nitrogen and oxygen atoms in total. The van der Waals surface area contributed by atoms with E-state index in [-0.39, 0.29) is 74.3 Å². The third-order valence-corrected chi connectivity index (χ3v) is 2.19. The van der Waals surface area contributed by atoms with Crippen LogP contribution in [0, 0.1) is 21.4 Å². The summed E-state index contributed by atoms with van der Waals surface area (Å²) in [6.45, 7) is 0. The number of benzene rings is 1. The van der Waals surface area contributed by atoms with Crippen LogP contribution >= 0.6 is 0 Å². The summed E-state index contributed by atoms with van der Waals surface area (Å²) in [5.74, 6) is 0. The average molecular weight is 297 g/mol. The van der Waals surface area contributed by atoms with Crippen molar-refractivity contribution in [3.63, 3.8) is 0 Å². The number of hydrogen-bond acceptors (Lipinski definition) is 5. The molecule has 0 aliphatic carbocycles. The van der Waals surface area contributed by atoms with Crippen LogP contribution in [0.5, 0.6) is 0 Å². The maximum Gasteiger partial charge on any atom is 1.00 e. The van der Waals surface area contributed by atoms with Crippen molar-refractivity contribution in [1.29, 1.82) is 5.26 Å². The van der Waals surface area contributed by atoms with Crippen LogP contribution < -0.4 is 58.2 Å². The Kier molecular flexibility index (Phi) is 6.58. The minimum atomic E-state index is -2.56. The summed E-state index contributed by atoms with van der Waals surface area (Å²) in [5, 5.41) is 18.8. The molecule has 0 aromatic heterocycles. The average Bonchev–Trinajstić information content (AvgIpc) is 2.16. The minimum absolute atomic E-state index is 0. The topological polar surface area (TPSA) is 107 Å². The fraction of sp³-hybridized carbons (Fsp3) is 0. The molecular formula is C7H3N2O4RbS. The molecule has 0 aliphatic heterocycles. The Hall–Kier alpha value is 0.0252. The van der Waals surface area contributed by atoms with Gasteiger partial charge < -0.3 is 4.55 Å². The molecule has 15 heavy (non-hydrogen) atoms. The van der Waals surface area contributed by atoms with Gasteiger partial charge in [0.2, 0.25) is 0 Å². The van der Waals surface area contributed by atoms with E-state index in [1.807, 2.05) is 0 Å². The van der Waals surface area contributed by atoms with E-state index in [0.717, 1.165) is 18.2 Å². The summed E-state index contributed by atoms with van der Waals surface area (Å²) in [5.41, 5.74) is -0.539. The maximum absolute atomic E-state index is 10.5. The first kappa shape index (κ1) is 15.0. The number of non-ortho nitro benzene ring substituents is 1. The van der Waals surface area contributed by atoms with Gasteiger partial charge in [-0.2, -0.15) is 5.26 Å². The molecule has 0 N–H and O–H groups in total. The van der Waals surface area contributed by atoms with E-state index >= 15 is 0 Å². The smallest absolute Gasteiger partial charge is 0.768 e. The summed E-state index contributed by atoms with van der Waals surface area (Å²) in [6, 6.07) is 4.56. The van der Waals surface area contributed by atoms with Crippen LogP contribution in [-0.4, -0.2) is 13.7 Å². The molecule has 0 spiro atoms. The fourth-order valence-corrected chi connectivity index (χ4v) is 1.33. The third kappa shape index (κ3) is 3.83. The Labute approximate surface area is 137 Å². The van der Waals surface area contributed by atoms with Gasteiger partial charge in [-0.05, 0) is 17.1 Å². The summed E-state index contributed by atoms with van der Waals surface area (Å²) in [6.07, 6.45) is 0. The Morgan fingerprint density at radius 2 is 2.07 bits per heavy atom. The summed E-state index contributed by atoms with van der Waals surface area (Å²) in [7, 11) is 0. The van der Waals surface area contributed by atoms with E-state index in [4.69, 9.17) is 5.26 Å². The molecule has 1 rings (SSSR count). The van der Waals surface area contributed by atoms with Crippen LogP contribution in [0.25, 0.3) is 0 Å². The number of nitro benzene ring substituents is 1. The zero-order chi connectivity index (χ0) is 10.7. The Balaban J connectivity index is 0.00000196. The van der Waals surface area contributed by atoms with Crippen molar-refractivity contribution in [3.05, 3.63) is 33.9 Å². The first-order chi connectivity index (χ1) is 6.56. The second-order valence-electron chi connectivity index (χ2n) is 2.28. The molecule has 0 heterocycles. The van der Waals surface area contributed by atoms with Gasteiger partial charge in [-0.25, -0.2) is 0 Å². The van der Waals surface area contributed by atoms with E-state index in [0.29, 0.717) is 0 Å². The second kappa shape index (κ2) is 6.57. The van der Waals surface area contributed by atoms with Crippen molar-refractivity contribution in [2.24, 2.45) is 0 Å². The van der Waals surface area contributed by atoms with E-state index in [1.165, 1.54) is 0 Å². The zero-order valence-corrected chi connectivity index (χ0v) is 13.4. The largest absolute Gasteiger partial charge is 1.00 e.